The van der Waals surface area contributed by atoms with E-state index in [1.165, 1.54) is 0 Å². The minimum Gasteiger partial charge on any atom is -0.394 e. The Morgan fingerprint density at radius 1 is 1.28 bits per heavy atom. The lowest BCUT2D eigenvalue weighted by molar-refractivity contribution is 0.213. The van der Waals surface area contributed by atoms with Gasteiger partial charge in [0.05, 0.1) is 12.1 Å². The van der Waals surface area contributed by atoms with Crippen LogP contribution in [0.25, 0.3) is 0 Å². The third-order valence-corrected chi connectivity index (χ3v) is 3.41. The van der Waals surface area contributed by atoms with Crippen LogP contribution in [0.3, 0.4) is 0 Å². The number of nitrogens with one attached hydrogen (secondary N) is 1. The molecule has 6 nitrogen and oxygen atoms in total. The summed E-state index contributed by atoms with van der Waals surface area (Å²) in [4.78, 5) is 14.1. The summed E-state index contributed by atoms with van der Waals surface area (Å²) in [6.07, 6.45) is 4.05. The summed E-state index contributed by atoms with van der Waals surface area (Å²) in [6, 6.07) is 0. The molecule has 0 radical (unpaired) electrons. The average Bonchev–Trinajstić information content (AvgIpc) is 2.77. The molecular weight excluding hydrogens is 254 g/mol. The second kappa shape index (κ2) is 5.24. The van der Waals surface area contributed by atoms with Gasteiger partial charge in [-0.2, -0.15) is 15.0 Å². The van der Waals surface area contributed by atoms with Gasteiger partial charge in [-0.05, 0) is 24.4 Å². The van der Waals surface area contributed by atoms with E-state index >= 15 is 0 Å². The molecular formula is C11H18ClN5O. The first-order chi connectivity index (χ1) is 8.54. The third kappa shape index (κ3) is 2.81. The smallest absolute Gasteiger partial charge is 0.230 e. The van der Waals surface area contributed by atoms with Gasteiger partial charge in [-0.15, -0.1) is 0 Å². The van der Waals surface area contributed by atoms with Crippen LogP contribution >= 0.6 is 11.6 Å². The summed E-state index contributed by atoms with van der Waals surface area (Å²) in [5.74, 6) is 0.929. The van der Waals surface area contributed by atoms with Crippen molar-refractivity contribution in [3.05, 3.63) is 5.28 Å². The van der Waals surface area contributed by atoms with Crippen molar-refractivity contribution in [3.63, 3.8) is 0 Å². The summed E-state index contributed by atoms with van der Waals surface area (Å²) in [6.45, 7) is 0.0770. The highest BCUT2D eigenvalue weighted by atomic mass is 35.5. The molecule has 0 saturated heterocycles. The number of aliphatic hydroxyl groups is 1. The second-order valence-corrected chi connectivity index (χ2v) is 5.23. The topological polar surface area (TPSA) is 74.2 Å². The van der Waals surface area contributed by atoms with Gasteiger partial charge in [0.1, 0.15) is 0 Å². The number of anilines is 2. The van der Waals surface area contributed by atoms with E-state index in [1.54, 1.807) is 4.90 Å². The molecule has 1 fully saturated rings. The van der Waals surface area contributed by atoms with Gasteiger partial charge in [-0.25, -0.2) is 0 Å². The minimum absolute atomic E-state index is 0.0770. The van der Waals surface area contributed by atoms with E-state index in [0.29, 0.717) is 11.9 Å². The number of hydrogen-bond donors (Lipinski definition) is 2. The maximum Gasteiger partial charge on any atom is 0.230 e. The summed E-state index contributed by atoms with van der Waals surface area (Å²) >= 11 is 5.88. The molecule has 1 aromatic heterocycles. The van der Waals surface area contributed by atoms with Gasteiger partial charge in [-0.3, -0.25) is 0 Å². The number of nitrogens with zero attached hydrogens (tertiary/aromatic N) is 4. The molecule has 1 aromatic rings. The number of halogens is 1. The molecule has 0 amide bonds. The molecule has 100 valence electrons. The van der Waals surface area contributed by atoms with Crippen molar-refractivity contribution < 1.29 is 5.11 Å². The third-order valence-electron chi connectivity index (χ3n) is 3.24. The van der Waals surface area contributed by atoms with E-state index in [1.807, 2.05) is 14.1 Å². The van der Waals surface area contributed by atoms with Gasteiger partial charge in [0.25, 0.3) is 0 Å². The van der Waals surface area contributed by atoms with E-state index in [0.717, 1.165) is 25.7 Å². The lowest BCUT2D eigenvalue weighted by atomic mass is 9.99. The Balaban J connectivity index is 2.22. The number of rotatable bonds is 4. The highest BCUT2D eigenvalue weighted by molar-refractivity contribution is 6.28. The van der Waals surface area contributed by atoms with Crippen molar-refractivity contribution in [2.24, 2.45) is 0 Å². The number of aliphatic hydroxyl groups excluding tert-OH is 1. The van der Waals surface area contributed by atoms with Crippen LogP contribution in [-0.4, -0.2) is 46.3 Å². The molecule has 1 saturated carbocycles. The minimum atomic E-state index is -0.311. The Morgan fingerprint density at radius 2 is 1.94 bits per heavy atom. The van der Waals surface area contributed by atoms with E-state index < -0.39 is 0 Å². The molecule has 1 aliphatic carbocycles. The molecule has 1 aliphatic rings. The zero-order chi connectivity index (χ0) is 13.2. The Labute approximate surface area is 111 Å². The predicted molar refractivity (Wildman–Crippen MR) is 71.1 cm³/mol. The van der Waals surface area contributed by atoms with Crippen molar-refractivity contribution in [1.82, 2.24) is 15.0 Å². The molecule has 0 aliphatic heterocycles. The Kier molecular flexibility index (Phi) is 3.87. The normalized spacial score (nSPS) is 17.8. The van der Waals surface area contributed by atoms with Crippen LogP contribution in [-0.2, 0) is 0 Å². The van der Waals surface area contributed by atoms with Crippen molar-refractivity contribution in [2.75, 3.05) is 30.9 Å². The van der Waals surface area contributed by atoms with E-state index in [4.69, 9.17) is 11.6 Å². The zero-order valence-electron chi connectivity index (χ0n) is 10.6. The molecule has 18 heavy (non-hydrogen) atoms. The fraction of sp³-hybridized carbons (Fsp3) is 0.727. The fourth-order valence-electron chi connectivity index (χ4n) is 2.21. The summed E-state index contributed by atoms with van der Waals surface area (Å²) < 4.78 is 0. The highest BCUT2D eigenvalue weighted by Crippen LogP contribution is 2.32. The van der Waals surface area contributed by atoms with E-state index in [9.17, 15) is 5.11 Å². The highest BCUT2D eigenvalue weighted by Gasteiger charge is 2.34. The number of aromatic nitrogens is 3. The quantitative estimate of drug-likeness (QED) is 0.860. The van der Waals surface area contributed by atoms with Gasteiger partial charge < -0.3 is 15.3 Å². The van der Waals surface area contributed by atoms with Crippen LogP contribution in [0.15, 0.2) is 0 Å². The maximum absolute atomic E-state index is 9.55. The fourth-order valence-corrected chi connectivity index (χ4v) is 2.36. The summed E-state index contributed by atoms with van der Waals surface area (Å²) in [7, 11) is 3.68. The first-order valence-electron chi connectivity index (χ1n) is 6.03. The summed E-state index contributed by atoms with van der Waals surface area (Å²) in [5, 5.41) is 12.9. The Morgan fingerprint density at radius 3 is 2.50 bits per heavy atom. The lowest BCUT2D eigenvalue weighted by Gasteiger charge is -2.28. The lowest BCUT2D eigenvalue weighted by Crippen LogP contribution is -2.39. The zero-order valence-corrected chi connectivity index (χ0v) is 11.4. The maximum atomic E-state index is 9.55. The van der Waals surface area contributed by atoms with Gasteiger partial charge in [-0.1, -0.05) is 12.8 Å². The van der Waals surface area contributed by atoms with Crippen LogP contribution in [0.2, 0.25) is 5.28 Å². The predicted octanol–water partition coefficient (Wildman–Crippen LogP) is 1.31. The largest absolute Gasteiger partial charge is 0.394 e. The first kappa shape index (κ1) is 13.3. The van der Waals surface area contributed by atoms with Crippen molar-refractivity contribution >= 4 is 23.5 Å². The summed E-state index contributed by atoms with van der Waals surface area (Å²) in [5.41, 5.74) is -0.311. The monoisotopic (exact) mass is 271 g/mol. The van der Waals surface area contributed by atoms with E-state index in [2.05, 4.69) is 20.3 Å². The molecule has 0 unspecified atom stereocenters. The Bertz CT molecular complexity index is 420. The molecule has 2 rings (SSSR count). The average molecular weight is 272 g/mol. The molecule has 2 N–H and O–H groups in total. The van der Waals surface area contributed by atoms with Gasteiger partial charge >= 0.3 is 0 Å². The molecule has 0 spiro atoms. The van der Waals surface area contributed by atoms with Crippen LogP contribution in [0.1, 0.15) is 25.7 Å². The van der Waals surface area contributed by atoms with Gasteiger partial charge in [0.15, 0.2) is 0 Å². The van der Waals surface area contributed by atoms with Crippen molar-refractivity contribution in [2.45, 2.75) is 31.2 Å². The van der Waals surface area contributed by atoms with E-state index in [-0.39, 0.29) is 17.4 Å². The van der Waals surface area contributed by atoms with Crippen LogP contribution in [0, 0.1) is 0 Å². The molecule has 0 aromatic carbocycles. The van der Waals surface area contributed by atoms with Crippen LogP contribution in [0.5, 0.6) is 0 Å². The van der Waals surface area contributed by atoms with Gasteiger partial charge in [0.2, 0.25) is 17.2 Å². The van der Waals surface area contributed by atoms with Crippen molar-refractivity contribution in [1.29, 1.82) is 0 Å². The Hall–Kier alpha value is -1.14. The number of hydrogen-bond acceptors (Lipinski definition) is 6. The first-order valence-corrected chi connectivity index (χ1v) is 6.40. The van der Waals surface area contributed by atoms with Crippen molar-refractivity contribution in [3.8, 4) is 0 Å². The van der Waals surface area contributed by atoms with Gasteiger partial charge in [0, 0.05) is 14.1 Å². The SMILES string of the molecule is CN(C)c1nc(Cl)nc(NC2(CO)CCCC2)n1. The second-order valence-electron chi connectivity index (χ2n) is 4.89. The molecule has 7 heteroatoms. The van der Waals surface area contributed by atoms with Crippen LogP contribution < -0.4 is 10.2 Å². The standard InChI is InChI=1S/C11H18ClN5O/c1-17(2)10-14-8(12)13-9(15-10)16-11(7-18)5-3-4-6-11/h18H,3-7H2,1-2H3,(H,13,14,15,16). The molecule has 0 bridgehead atoms. The molecule has 0 atom stereocenters. The molecule has 1 heterocycles. The van der Waals surface area contributed by atoms with Crippen LogP contribution in [0.4, 0.5) is 11.9 Å².